The van der Waals surface area contributed by atoms with Crippen molar-refractivity contribution in [2.45, 2.75) is 44.4 Å². The van der Waals surface area contributed by atoms with Gasteiger partial charge < -0.3 is 10.3 Å². The summed E-state index contributed by atoms with van der Waals surface area (Å²) in [6.45, 7) is 4.17. The van der Waals surface area contributed by atoms with E-state index in [9.17, 15) is 14.4 Å². The molecule has 0 bridgehead atoms. The van der Waals surface area contributed by atoms with Gasteiger partial charge >= 0.3 is 5.69 Å². The number of benzene rings is 1. The van der Waals surface area contributed by atoms with Gasteiger partial charge in [-0.2, -0.15) is 0 Å². The second-order valence-electron chi connectivity index (χ2n) is 8.13. The maximum absolute atomic E-state index is 12.9. The maximum Gasteiger partial charge on any atom is 0.329 e. The van der Waals surface area contributed by atoms with Crippen LogP contribution in [0, 0.1) is 5.92 Å². The summed E-state index contributed by atoms with van der Waals surface area (Å²) < 4.78 is 3.42. The van der Waals surface area contributed by atoms with Gasteiger partial charge in [0.2, 0.25) is 0 Å². The molecule has 3 aromatic rings. The number of aromatic amines is 1. The highest BCUT2D eigenvalue weighted by Gasteiger charge is 2.29. The summed E-state index contributed by atoms with van der Waals surface area (Å²) in [5.41, 5.74) is 6.64. The Labute approximate surface area is 183 Å². The number of Topliss-reactive ketones (excluding diaryl/α,β-unsaturated/α-hetero) is 1. The molecule has 1 saturated carbocycles. The quantitative estimate of drug-likeness (QED) is 0.412. The van der Waals surface area contributed by atoms with Crippen LogP contribution in [0.5, 0.6) is 0 Å². The number of ketones is 1. The van der Waals surface area contributed by atoms with E-state index < -0.39 is 17.0 Å². The van der Waals surface area contributed by atoms with E-state index in [4.69, 9.17) is 5.73 Å². The molecular formula is C22H25N5O3S. The Morgan fingerprint density at radius 3 is 2.61 bits per heavy atom. The predicted molar refractivity (Wildman–Crippen MR) is 122 cm³/mol. The molecule has 4 rings (SSSR count). The van der Waals surface area contributed by atoms with E-state index in [0.29, 0.717) is 12.6 Å². The standard InChI is InChI=1S/C22H25N5O3S/c1-13(2)11-26-19(23)18(20(29)25-21(26)30)17(28)12-31-22-24-10-16(27(22)15-8-9-15)14-6-4-3-5-7-14/h3-7,10,13,15H,8-9,11-12,23H2,1-2H3,(H,25,29,30). The van der Waals surface area contributed by atoms with E-state index >= 15 is 0 Å². The highest BCUT2D eigenvalue weighted by Crippen LogP contribution is 2.41. The number of imidazole rings is 1. The van der Waals surface area contributed by atoms with Crippen molar-refractivity contribution in [3.05, 3.63) is 62.9 Å². The molecule has 8 nitrogen and oxygen atoms in total. The van der Waals surface area contributed by atoms with Crippen molar-refractivity contribution in [3.8, 4) is 11.3 Å². The fourth-order valence-electron chi connectivity index (χ4n) is 3.56. The molecule has 0 spiro atoms. The van der Waals surface area contributed by atoms with Crippen molar-refractivity contribution in [3.63, 3.8) is 0 Å². The molecule has 0 saturated heterocycles. The van der Waals surface area contributed by atoms with Gasteiger partial charge in [0.05, 0.1) is 17.6 Å². The smallest absolute Gasteiger partial charge is 0.329 e. The van der Waals surface area contributed by atoms with Crippen LogP contribution in [0.3, 0.4) is 0 Å². The van der Waals surface area contributed by atoms with Gasteiger partial charge in [0.1, 0.15) is 11.4 Å². The Morgan fingerprint density at radius 1 is 1.26 bits per heavy atom. The first-order valence-corrected chi connectivity index (χ1v) is 11.3. The molecule has 0 amide bonds. The summed E-state index contributed by atoms with van der Waals surface area (Å²) >= 11 is 1.28. The first-order chi connectivity index (χ1) is 14.9. The Bertz CT molecular complexity index is 1220. The zero-order valence-electron chi connectivity index (χ0n) is 17.5. The molecule has 3 N–H and O–H groups in total. The third-order valence-corrected chi connectivity index (χ3v) is 6.11. The number of aromatic nitrogens is 4. The molecular weight excluding hydrogens is 414 g/mol. The van der Waals surface area contributed by atoms with E-state index in [1.165, 1.54) is 16.3 Å². The monoisotopic (exact) mass is 439 g/mol. The predicted octanol–water partition coefficient (Wildman–Crippen LogP) is 2.95. The molecule has 0 atom stereocenters. The molecule has 31 heavy (non-hydrogen) atoms. The molecule has 9 heteroatoms. The molecule has 2 heterocycles. The average Bonchev–Trinajstić information content (AvgIpc) is 3.48. The molecule has 0 aliphatic heterocycles. The number of thioether (sulfide) groups is 1. The number of hydrogen-bond donors (Lipinski definition) is 2. The summed E-state index contributed by atoms with van der Waals surface area (Å²) in [6.07, 6.45) is 3.97. The van der Waals surface area contributed by atoms with E-state index in [1.54, 1.807) is 0 Å². The topological polar surface area (TPSA) is 116 Å². The van der Waals surface area contributed by atoms with Crippen LogP contribution in [-0.2, 0) is 6.54 Å². The van der Waals surface area contributed by atoms with Gasteiger partial charge in [0, 0.05) is 12.6 Å². The lowest BCUT2D eigenvalue weighted by Gasteiger charge is -2.14. The van der Waals surface area contributed by atoms with Gasteiger partial charge in [-0.25, -0.2) is 9.78 Å². The zero-order chi connectivity index (χ0) is 22.1. The van der Waals surface area contributed by atoms with E-state index in [-0.39, 0.29) is 23.1 Å². The number of carbonyl (C=O) groups is 1. The van der Waals surface area contributed by atoms with Crippen LogP contribution in [0.15, 0.2) is 51.3 Å². The molecule has 1 aromatic carbocycles. The summed E-state index contributed by atoms with van der Waals surface area (Å²) in [7, 11) is 0. The van der Waals surface area contributed by atoms with Crippen molar-refractivity contribution in [1.82, 2.24) is 19.1 Å². The molecule has 0 unspecified atom stereocenters. The summed E-state index contributed by atoms with van der Waals surface area (Å²) in [5.74, 6) is -0.368. The van der Waals surface area contributed by atoms with Gasteiger partial charge in [0.15, 0.2) is 10.9 Å². The molecule has 1 fully saturated rings. The number of rotatable bonds is 8. The number of nitrogens with zero attached hydrogens (tertiary/aromatic N) is 3. The first-order valence-electron chi connectivity index (χ1n) is 10.3. The molecule has 2 aromatic heterocycles. The van der Waals surface area contributed by atoms with Crippen molar-refractivity contribution in [1.29, 1.82) is 0 Å². The molecule has 162 valence electrons. The second kappa shape index (κ2) is 8.58. The number of anilines is 1. The third-order valence-electron chi connectivity index (χ3n) is 5.14. The first kappa shape index (κ1) is 21.2. The molecule has 1 aliphatic carbocycles. The van der Waals surface area contributed by atoms with Crippen LogP contribution in [0.25, 0.3) is 11.3 Å². The lowest BCUT2D eigenvalue weighted by molar-refractivity contribution is 0.102. The largest absolute Gasteiger partial charge is 0.384 e. The number of nitrogens with two attached hydrogens (primary N) is 1. The van der Waals surface area contributed by atoms with Crippen molar-refractivity contribution < 1.29 is 4.79 Å². The van der Waals surface area contributed by atoms with Crippen LogP contribution in [0.2, 0.25) is 0 Å². The SMILES string of the molecule is CC(C)Cn1c(N)c(C(=O)CSc2ncc(-c3ccccc3)n2C2CC2)c(=O)[nH]c1=O. The highest BCUT2D eigenvalue weighted by atomic mass is 32.2. The van der Waals surface area contributed by atoms with Gasteiger partial charge in [-0.3, -0.25) is 19.1 Å². The van der Waals surface area contributed by atoms with Gasteiger partial charge in [-0.1, -0.05) is 55.9 Å². The van der Waals surface area contributed by atoms with Crippen molar-refractivity contribution in [2.75, 3.05) is 11.5 Å². The zero-order valence-corrected chi connectivity index (χ0v) is 18.3. The minimum absolute atomic E-state index is 0.00508. The number of carbonyl (C=O) groups excluding carboxylic acids is 1. The maximum atomic E-state index is 12.9. The van der Waals surface area contributed by atoms with E-state index in [0.717, 1.165) is 29.3 Å². The summed E-state index contributed by atoms with van der Waals surface area (Å²) in [5, 5.41) is 0.736. The minimum Gasteiger partial charge on any atom is -0.384 e. The fourth-order valence-corrected chi connectivity index (χ4v) is 4.48. The molecule has 0 radical (unpaired) electrons. The summed E-state index contributed by atoms with van der Waals surface area (Å²) in [6, 6.07) is 10.4. The van der Waals surface area contributed by atoms with Gasteiger partial charge in [-0.15, -0.1) is 0 Å². The Morgan fingerprint density at radius 2 is 1.97 bits per heavy atom. The summed E-state index contributed by atoms with van der Waals surface area (Å²) in [4.78, 5) is 44.1. The Hall–Kier alpha value is -3.07. The lowest BCUT2D eigenvalue weighted by atomic mass is 10.2. The second-order valence-corrected chi connectivity index (χ2v) is 9.07. The van der Waals surface area contributed by atoms with Crippen molar-refractivity contribution in [2.24, 2.45) is 5.92 Å². The number of nitrogen functional groups attached to an aromatic ring is 1. The van der Waals surface area contributed by atoms with Crippen LogP contribution in [0.4, 0.5) is 5.82 Å². The highest BCUT2D eigenvalue weighted by molar-refractivity contribution is 7.99. The number of hydrogen-bond acceptors (Lipinski definition) is 6. The van der Waals surface area contributed by atoms with Crippen LogP contribution >= 0.6 is 11.8 Å². The van der Waals surface area contributed by atoms with Gasteiger partial charge in [-0.05, 0) is 24.3 Å². The normalized spacial score (nSPS) is 13.6. The minimum atomic E-state index is -0.747. The fraction of sp³-hybridized carbons (Fsp3) is 0.364. The van der Waals surface area contributed by atoms with Crippen molar-refractivity contribution >= 4 is 23.4 Å². The number of H-pyrrole nitrogens is 1. The average molecular weight is 440 g/mol. The van der Waals surface area contributed by atoms with Crippen LogP contribution < -0.4 is 17.0 Å². The van der Waals surface area contributed by atoms with E-state index in [2.05, 4.69) is 14.5 Å². The van der Waals surface area contributed by atoms with E-state index in [1.807, 2.05) is 50.4 Å². The van der Waals surface area contributed by atoms with Crippen LogP contribution in [0.1, 0.15) is 43.1 Å². The van der Waals surface area contributed by atoms with Gasteiger partial charge in [0.25, 0.3) is 5.56 Å². The Balaban J connectivity index is 1.60. The molecule has 1 aliphatic rings. The number of nitrogens with one attached hydrogen (secondary N) is 1. The third kappa shape index (κ3) is 4.36. The lowest BCUT2D eigenvalue weighted by Crippen LogP contribution is -2.37. The van der Waals surface area contributed by atoms with Crippen LogP contribution in [-0.4, -0.2) is 30.6 Å². The Kier molecular flexibility index (Phi) is 5.86.